The molecule has 0 spiro atoms. The third kappa shape index (κ3) is 3.45. The van der Waals surface area contributed by atoms with Gasteiger partial charge in [0.05, 0.1) is 0 Å². The number of nitrogens with one attached hydrogen (secondary N) is 1. The Morgan fingerprint density at radius 2 is 2.13 bits per heavy atom. The lowest BCUT2D eigenvalue weighted by Crippen LogP contribution is -2.48. The molecule has 3 rings (SSSR count). The van der Waals surface area contributed by atoms with E-state index in [0.29, 0.717) is 12.1 Å². The zero-order chi connectivity index (χ0) is 16.4. The molecule has 2 aromatic rings. The summed E-state index contributed by atoms with van der Waals surface area (Å²) in [6.07, 6.45) is 0.900. The first-order chi connectivity index (χ1) is 11.0. The highest BCUT2D eigenvalue weighted by atomic mass is 32.1. The number of amides is 2. The van der Waals surface area contributed by atoms with Gasteiger partial charge in [-0.3, -0.25) is 9.59 Å². The van der Waals surface area contributed by atoms with E-state index in [1.54, 1.807) is 24.3 Å². The average Bonchev–Trinajstić information content (AvgIpc) is 3.01. The van der Waals surface area contributed by atoms with Gasteiger partial charge in [-0.1, -0.05) is 17.7 Å². The predicted molar refractivity (Wildman–Crippen MR) is 91.5 cm³/mol. The fraction of sp³-hybridized carbons (Fsp3) is 0.333. The molecule has 1 N–H and O–H groups in total. The van der Waals surface area contributed by atoms with Crippen molar-refractivity contribution >= 4 is 23.2 Å². The molecule has 5 heteroatoms. The van der Waals surface area contributed by atoms with Crippen LogP contribution in [0.5, 0.6) is 0 Å². The minimum atomic E-state index is -0.525. The van der Waals surface area contributed by atoms with Crippen LogP contribution < -0.4 is 5.32 Å². The van der Waals surface area contributed by atoms with Crippen LogP contribution >= 0.6 is 11.3 Å². The van der Waals surface area contributed by atoms with E-state index in [2.05, 4.69) is 16.8 Å². The molecule has 1 aliphatic heterocycles. The van der Waals surface area contributed by atoms with E-state index < -0.39 is 6.04 Å². The molecule has 0 bridgehead atoms. The molecule has 1 aliphatic rings. The smallest absolute Gasteiger partial charge is 0.251 e. The van der Waals surface area contributed by atoms with Gasteiger partial charge in [0.1, 0.15) is 6.04 Å². The first-order valence-corrected chi connectivity index (χ1v) is 8.64. The maximum atomic E-state index is 12.6. The van der Waals surface area contributed by atoms with Crippen molar-refractivity contribution in [1.29, 1.82) is 0 Å². The molecular formula is C18H20N2O2S. The number of carbonyl (C=O) groups excluding carboxylic acids is 2. The zero-order valence-corrected chi connectivity index (χ0v) is 14.2. The third-order valence-corrected chi connectivity index (χ3v) is 5.14. The number of nitrogens with zero attached hydrogens (tertiary/aromatic N) is 1. The summed E-state index contributed by atoms with van der Waals surface area (Å²) in [5, 5.41) is 4.88. The fourth-order valence-electron chi connectivity index (χ4n) is 2.84. The molecule has 1 atom stereocenters. The Hall–Kier alpha value is -2.14. The van der Waals surface area contributed by atoms with Crippen molar-refractivity contribution in [1.82, 2.24) is 10.2 Å². The van der Waals surface area contributed by atoms with Gasteiger partial charge >= 0.3 is 0 Å². The number of thiophene rings is 1. The molecule has 0 fully saturated rings. The normalized spacial score (nSPS) is 15.0. The van der Waals surface area contributed by atoms with Crippen LogP contribution in [0.3, 0.4) is 0 Å². The molecule has 4 nitrogen and oxygen atoms in total. The van der Waals surface area contributed by atoms with Crippen LogP contribution in [0, 0.1) is 6.92 Å². The zero-order valence-electron chi connectivity index (χ0n) is 13.3. The molecule has 2 amide bonds. The van der Waals surface area contributed by atoms with Crippen molar-refractivity contribution in [3.8, 4) is 0 Å². The summed E-state index contributed by atoms with van der Waals surface area (Å²) in [5.41, 5.74) is 2.84. The summed E-state index contributed by atoms with van der Waals surface area (Å²) in [6.45, 7) is 5.05. The highest BCUT2D eigenvalue weighted by Crippen LogP contribution is 2.24. The van der Waals surface area contributed by atoms with Crippen LogP contribution in [0.4, 0.5) is 0 Å². The number of hydrogen-bond donors (Lipinski definition) is 1. The van der Waals surface area contributed by atoms with E-state index in [4.69, 9.17) is 0 Å². The number of carbonyl (C=O) groups is 2. The minimum Gasteiger partial charge on any atom is -0.341 e. The summed E-state index contributed by atoms with van der Waals surface area (Å²) < 4.78 is 0. The SMILES string of the molecule is Cc1cccc(C(=O)NC(C)C(=O)N2CCc3sccc3C2)c1. The van der Waals surface area contributed by atoms with Crippen LogP contribution in [0.1, 0.15) is 33.3 Å². The van der Waals surface area contributed by atoms with Crippen molar-refractivity contribution in [3.63, 3.8) is 0 Å². The van der Waals surface area contributed by atoms with E-state index >= 15 is 0 Å². The molecule has 1 unspecified atom stereocenters. The van der Waals surface area contributed by atoms with Crippen LogP contribution in [-0.2, 0) is 17.8 Å². The lowest BCUT2D eigenvalue weighted by atomic mass is 10.1. The minimum absolute atomic E-state index is 0.0251. The van der Waals surface area contributed by atoms with Crippen LogP contribution in [0.2, 0.25) is 0 Å². The van der Waals surface area contributed by atoms with Crippen LogP contribution in [-0.4, -0.2) is 29.3 Å². The first kappa shape index (κ1) is 15.7. The number of aryl methyl sites for hydroxylation is 1. The van der Waals surface area contributed by atoms with Crippen molar-refractivity contribution in [2.45, 2.75) is 32.9 Å². The van der Waals surface area contributed by atoms with Crippen molar-refractivity contribution < 1.29 is 9.59 Å². The summed E-state index contributed by atoms with van der Waals surface area (Å²) in [7, 11) is 0. The van der Waals surface area contributed by atoms with Crippen LogP contribution in [0.15, 0.2) is 35.7 Å². The third-order valence-electron chi connectivity index (χ3n) is 4.12. The van der Waals surface area contributed by atoms with Crippen LogP contribution in [0.25, 0.3) is 0 Å². The van der Waals surface area contributed by atoms with E-state index in [0.717, 1.165) is 18.5 Å². The van der Waals surface area contributed by atoms with Gasteiger partial charge in [-0.15, -0.1) is 11.3 Å². The Morgan fingerprint density at radius 1 is 1.30 bits per heavy atom. The highest BCUT2D eigenvalue weighted by molar-refractivity contribution is 7.10. The van der Waals surface area contributed by atoms with Crippen molar-refractivity contribution in [3.05, 3.63) is 57.3 Å². The molecule has 23 heavy (non-hydrogen) atoms. The molecule has 0 saturated carbocycles. The highest BCUT2D eigenvalue weighted by Gasteiger charge is 2.26. The van der Waals surface area contributed by atoms with Gasteiger partial charge in [-0.25, -0.2) is 0 Å². The summed E-state index contributed by atoms with van der Waals surface area (Å²) in [5.74, 6) is -0.231. The second-order valence-electron chi connectivity index (χ2n) is 5.94. The van der Waals surface area contributed by atoms with Gasteiger partial charge in [0.2, 0.25) is 5.91 Å². The topological polar surface area (TPSA) is 49.4 Å². The Balaban J connectivity index is 1.63. The number of benzene rings is 1. The van der Waals surface area contributed by atoms with Gasteiger partial charge < -0.3 is 10.2 Å². The molecule has 2 heterocycles. The Bertz CT molecular complexity index is 738. The van der Waals surface area contributed by atoms with Crippen molar-refractivity contribution in [2.24, 2.45) is 0 Å². The van der Waals surface area contributed by atoms with E-state index in [9.17, 15) is 9.59 Å². The first-order valence-electron chi connectivity index (χ1n) is 7.76. The molecule has 1 aromatic carbocycles. The lowest BCUT2D eigenvalue weighted by Gasteiger charge is -2.29. The van der Waals surface area contributed by atoms with Gasteiger partial charge in [0.15, 0.2) is 0 Å². The second kappa shape index (κ2) is 6.54. The Kier molecular flexibility index (Phi) is 4.48. The maximum Gasteiger partial charge on any atom is 0.251 e. The van der Waals surface area contributed by atoms with Gasteiger partial charge in [0.25, 0.3) is 5.91 Å². The van der Waals surface area contributed by atoms with E-state index in [-0.39, 0.29) is 11.8 Å². The molecular weight excluding hydrogens is 308 g/mol. The molecule has 0 aliphatic carbocycles. The fourth-order valence-corrected chi connectivity index (χ4v) is 3.73. The Labute approximate surface area is 140 Å². The molecule has 0 saturated heterocycles. The van der Waals surface area contributed by atoms with E-state index in [1.807, 2.05) is 30.0 Å². The van der Waals surface area contributed by atoms with Gasteiger partial charge in [-0.2, -0.15) is 0 Å². The average molecular weight is 328 g/mol. The second-order valence-corrected chi connectivity index (χ2v) is 6.94. The Morgan fingerprint density at radius 3 is 2.91 bits per heavy atom. The largest absolute Gasteiger partial charge is 0.341 e. The maximum absolute atomic E-state index is 12.6. The lowest BCUT2D eigenvalue weighted by molar-refractivity contribution is -0.133. The number of rotatable bonds is 3. The molecule has 120 valence electrons. The predicted octanol–water partition coefficient (Wildman–Crippen LogP) is 2.76. The quantitative estimate of drug-likeness (QED) is 0.942. The monoisotopic (exact) mass is 328 g/mol. The van der Waals surface area contributed by atoms with Crippen molar-refractivity contribution in [2.75, 3.05) is 6.54 Å². The van der Waals surface area contributed by atoms with Gasteiger partial charge in [0, 0.05) is 23.5 Å². The summed E-state index contributed by atoms with van der Waals surface area (Å²) in [6, 6.07) is 8.93. The van der Waals surface area contributed by atoms with E-state index in [1.165, 1.54) is 10.4 Å². The standard InChI is InChI=1S/C18H20N2O2S/c1-12-4-3-5-14(10-12)17(21)19-13(2)18(22)20-8-6-16-15(11-20)7-9-23-16/h3-5,7,9-10,13H,6,8,11H2,1-2H3,(H,19,21). The molecule has 0 radical (unpaired) electrons. The molecule has 1 aromatic heterocycles. The number of fused-ring (bicyclic) bond motifs is 1. The summed E-state index contributed by atoms with van der Waals surface area (Å²) >= 11 is 1.75. The summed E-state index contributed by atoms with van der Waals surface area (Å²) in [4.78, 5) is 28.0. The van der Waals surface area contributed by atoms with Gasteiger partial charge in [-0.05, 0) is 49.4 Å². The number of hydrogen-bond acceptors (Lipinski definition) is 3.